The first-order chi connectivity index (χ1) is 8.65. The van der Waals surface area contributed by atoms with Crippen LogP contribution in [0.5, 0.6) is 0 Å². The second-order valence-electron chi connectivity index (χ2n) is 6.31. The summed E-state index contributed by atoms with van der Waals surface area (Å²) in [6.45, 7) is 4.79. The average Bonchev–Trinajstić information content (AvgIpc) is 2.97. The highest BCUT2D eigenvalue weighted by molar-refractivity contribution is 5.81. The van der Waals surface area contributed by atoms with E-state index in [0.717, 1.165) is 18.9 Å². The lowest BCUT2D eigenvalue weighted by atomic mass is 10.1. The predicted molar refractivity (Wildman–Crippen MR) is 72.3 cm³/mol. The molecule has 2 aliphatic carbocycles. The quantitative estimate of drug-likeness (QED) is 0.757. The van der Waals surface area contributed by atoms with Crippen molar-refractivity contribution in [1.82, 2.24) is 5.32 Å². The molecule has 2 saturated carbocycles. The van der Waals surface area contributed by atoms with E-state index in [9.17, 15) is 4.79 Å². The summed E-state index contributed by atoms with van der Waals surface area (Å²) in [6.07, 6.45) is 8.49. The van der Waals surface area contributed by atoms with Gasteiger partial charge in [-0.05, 0) is 44.9 Å². The second kappa shape index (κ2) is 6.55. The highest BCUT2D eigenvalue weighted by Crippen LogP contribution is 2.34. The summed E-state index contributed by atoms with van der Waals surface area (Å²) in [5, 5.41) is 2.99. The lowest BCUT2D eigenvalue weighted by Gasteiger charge is -2.21. The molecule has 2 fully saturated rings. The molecule has 0 aliphatic heterocycles. The second-order valence-corrected chi connectivity index (χ2v) is 6.31. The van der Waals surface area contributed by atoms with Gasteiger partial charge in [-0.25, -0.2) is 0 Å². The van der Waals surface area contributed by atoms with Gasteiger partial charge in [0.2, 0.25) is 5.91 Å². The Kier molecular flexibility index (Phi) is 5.04. The minimum absolute atomic E-state index is 0.0925. The molecule has 18 heavy (non-hydrogen) atoms. The SMILES string of the molecule is CC(C)NC(=O)C(CC1CC1)OCC1CCCC1. The molecule has 0 aromatic heterocycles. The Morgan fingerprint density at radius 1 is 1.17 bits per heavy atom. The molecule has 0 bridgehead atoms. The molecule has 0 spiro atoms. The standard InChI is InChI=1S/C15H27NO2/c1-11(2)16-15(17)14(9-12-7-8-12)18-10-13-5-3-4-6-13/h11-14H,3-10H2,1-2H3,(H,16,17). The van der Waals surface area contributed by atoms with Gasteiger partial charge in [-0.3, -0.25) is 4.79 Å². The summed E-state index contributed by atoms with van der Waals surface area (Å²) in [4.78, 5) is 12.1. The summed E-state index contributed by atoms with van der Waals surface area (Å²) >= 11 is 0. The van der Waals surface area contributed by atoms with Gasteiger partial charge >= 0.3 is 0 Å². The molecule has 1 amide bonds. The molecule has 2 aliphatic rings. The number of nitrogens with one attached hydrogen (secondary N) is 1. The van der Waals surface area contributed by atoms with Crippen LogP contribution >= 0.6 is 0 Å². The zero-order valence-electron chi connectivity index (χ0n) is 11.8. The van der Waals surface area contributed by atoms with E-state index in [1.807, 2.05) is 13.8 Å². The molecule has 104 valence electrons. The average molecular weight is 253 g/mol. The Labute approximate surface area is 111 Å². The van der Waals surface area contributed by atoms with Gasteiger partial charge in [-0.15, -0.1) is 0 Å². The summed E-state index contributed by atoms with van der Waals surface area (Å²) in [5.41, 5.74) is 0. The fourth-order valence-corrected chi connectivity index (χ4v) is 2.71. The fraction of sp³-hybridized carbons (Fsp3) is 0.933. The molecule has 3 nitrogen and oxygen atoms in total. The minimum Gasteiger partial charge on any atom is -0.368 e. The highest BCUT2D eigenvalue weighted by atomic mass is 16.5. The first-order valence-corrected chi connectivity index (χ1v) is 7.57. The van der Waals surface area contributed by atoms with Crippen LogP contribution in [0.3, 0.4) is 0 Å². The van der Waals surface area contributed by atoms with Crippen molar-refractivity contribution < 1.29 is 9.53 Å². The van der Waals surface area contributed by atoms with Crippen LogP contribution in [0.15, 0.2) is 0 Å². The van der Waals surface area contributed by atoms with Crippen molar-refractivity contribution in [2.24, 2.45) is 11.8 Å². The van der Waals surface area contributed by atoms with Crippen LogP contribution in [0.4, 0.5) is 0 Å². The number of carbonyl (C=O) groups excluding carboxylic acids is 1. The number of hydrogen-bond donors (Lipinski definition) is 1. The van der Waals surface area contributed by atoms with Crippen LogP contribution in [0.1, 0.15) is 58.8 Å². The Hall–Kier alpha value is -0.570. The summed E-state index contributed by atoms with van der Waals surface area (Å²) < 4.78 is 5.93. The number of hydrogen-bond acceptors (Lipinski definition) is 2. The molecular formula is C15H27NO2. The van der Waals surface area contributed by atoms with Crippen molar-refractivity contribution >= 4 is 5.91 Å². The Morgan fingerprint density at radius 2 is 1.83 bits per heavy atom. The Morgan fingerprint density at radius 3 is 2.39 bits per heavy atom. The van der Waals surface area contributed by atoms with Gasteiger partial charge in [0.15, 0.2) is 0 Å². The van der Waals surface area contributed by atoms with Gasteiger partial charge in [-0.2, -0.15) is 0 Å². The van der Waals surface area contributed by atoms with Crippen molar-refractivity contribution in [3.63, 3.8) is 0 Å². The fourth-order valence-electron chi connectivity index (χ4n) is 2.71. The number of ether oxygens (including phenoxy) is 1. The molecule has 0 heterocycles. The summed E-state index contributed by atoms with van der Waals surface area (Å²) in [5.74, 6) is 1.52. The molecule has 0 aromatic rings. The Balaban J connectivity index is 1.77. The van der Waals surface area contributed by atoms with E-state index in [0.29, 0.717) is 5.92 Å². The third-order valence-electron chi connectivity index (χ3n) is 3.98. The summed E-state index contributed by atoms with van der Waals surface area (Å²) in [6, 6.07) is 0.203. The number of amides is 1. The van der Waals surface area contributed by atoms with Crippen molar-refractivity contribution in [3.05, 3.63) is 0 Å². The van der Waals surface area contributed by atoms with Gasteiger partial charge in [0, 0.05) is 6.04 Å². The molecule has 0 saturated heterocycles. The van der Waals surface area contributed by atoms with Crippen molar-refractivity contribution in [1.29, 1.82) is 0 Å². The zero-order valence-corrected chi connectivity index (χ0v) is 11.8. The third-order valence-corrected chi connectivity index (χ3v) is 3.98. The largest absolute Gasteiger partial charge is 0.368 e. The molecule has 1 N–H and O–H groups in total. The van der Waals surface area contributed by atoms with E-state index in [2.05, 4.69) is 5.32 Å². The topological polar surface area (TPSA) is 38.3 Å². The van der Waals surface area contributed by atoms with Crippen LogP contribution in [-0.4, -0.2) is 24.7 Å². The normalized spacial score (nSPS) is 22.4. The first-order valence-electron chi connectivity index (χ1n) is 7.57. The third kappa shape index (κ3) is 4.60. The van der Waals surface area contributed by atoms with E-state index in [4.69, 9.17) is 4.74 Å². The lowest BCUT2D eigenvalue weighted by Crippen LogP contribution is -2.41. The van der Waals surface area contributed by atoms with E-state index < -0.39 is 0 Å². The predicted octanol–water partition coefficient (Wildman–Crippen LogP) is 2.89. The van der Waals surface area contributed by atoms with Crippen LogP contribution in [0.2, 0.25) is 0 Å². The van der Waals surface area contributed by atoms with Gasteiger partial charge in [0.25, 0.3) is 0 Å². The molecular weight excluding hydrogens is 226 g/mol. The van der Waals surface area contributed by atoms with Crippen LogP contribution in [0.25, 0.3) is 0 Å². The van der Waals surface area contributed by atoms with Gasteiger partial charge in [-0.1, -0.05) is 25.7 Å². The van der Waals surface area contributed by atoms with Crippen LogP contribution < -0.4 is 5.32 Å². The maximum absolute atomic E-state index is 12.1. The van der Waals surface area contributed by atoms with Gasteiger partial charge in [0.1, 0.15) is 6.10 Å². The smallest absolute Gasteiger partial charge is 0.249 e. The van der Waals surface area contributed by atoms with E-state index in [-0.39, 0.29) is 18.1 Å². The van der Waals surface area contributed by atoms with Crippen molar-refractivity contribution in [2.75, 3.05) is 6.61 Å². The Bertz CT molecular complexity index is 268. The maximum Gasteiger partial charge on any atom is 0.249 e. The minimum atomic E-state index is -0.208. The highest BCUT2D eigenvalue weighted by Gasteiger charge is 2.30. The number of carbonyl (C=O) groups is 1. The maximum atomic E-state index is 12.1. The number of rotatable bonds is 7. The monoisotopic (exact) mass is 253 g/mol. The van der Waals surface area contributed by atoms with E-state index in [1.54, 1.807) is 0 Å². The molecule has 3 heteroatoms. The zero-order chi connectivity index (χ0) is 13.0. The first kappa shape index (κ1) is 13.9. The van der Waals surface area contributed by atoms with Gasteiger partial charge < -0.3 is 10.1 Å². The molecule has 1 atom stereocenters. The van der Waals surface area contributed by atoms with Gasteiger partial charge in [0.05, 0.1) is 6.61 Å². The van der Waals surface area contributed by atoms with Crippen LogP contribution in [0, 0.1) is 11.8 Å². The van der Waals surface area contributed by atoms with E-state index >= 15 is 0 Å². The van der Waals surface area contributed by atoms with E-state index in [1.165, 1.54) is 38.5 Å². The van der Waals surface area contributed by atoms with Crippen LogP contribution in [-0.2, 0) is 9.53 Å². The molecule has 0 radical (unpaired) electrons. The lowest BCUT2D eigenvalue weighted by molar-refractivity contribution is -0.135. The molecule has 2 rings (SSSR count). The van der Waals surface area contributed by atoms with Crippen molar-refractivity contribution in [2.45, 2.75) is 70.9 Å². The molecule has 1 unspecified atom stereocenters. The molecule has 0 aromatic carbocycles. The van der Waals surface area contributed by atoms with Crippen molar-refractivity contribution in [3.8, 4) is 0 Å². The summed E-state index contributed by atoms with van der Waals surface area (Å²) in [7, 11) is 0.